The lowest BCUT2D eigenvalue weighted by Crippen LogP contribution is -2.40. The second-order valence-corrected chi connectivity index (χ2v) is 5.65. The van der Waals surface area contributed by atoms with Crippen molar-refractivity contribution >= 4 is 17.6 Å². The van der Waals surface area contributed by atoms with Crippen molar-refractivity contribution in [2.75, 3.05) is 19.5 Å². The van der Waals surface area contributed by atoms with E-state index in [2.05, 4.69) is 5.32 Å². The molecule has 0 aromatic heterocycles. The molecule has 3 N–H and O–H groups in total. The van der Waals surface area contributed by atoms with Gasteiger partial charge in [0.2, 0.25) is 0 Å². The van der Waals surface area contributed by atoms with Crippen LogP contribution in [0, 0.1) is 0 Å². The Balaban J connectivity index is 2.06. The summed E-state index contributed by atoms with van der Waals surface area (Å²) < 4.78 is 10.2. The van der Waals surface area contributed by atoms with E-state index in [9.17, 15) is 9.59 Å². The molecule has 6 nitrogen and oxygen atoms in total. The van der Waals surface area contributed by atoms with Crippen LogP contribution in [0.1, 0.15) is 22.8 Å². The van der Waals surface area contributed by atoms with Gasteiger partial charge >= 0.3 is 5.97 Å². The lowest BCUT2D eigenvalue weighted by Gasteiger charge is -2.19. The zero-order valence-corrected chi connectivity index (χ0v) is 14.3. The number of carbonyl (C=O) groups is 2. The van der Waals surface area contributed by atoms with E-state index in [0.29, 0.717) is 17.7 Å². The third-order valence-corrected chi connectivity index (χ3v) is 3.64. The number of anilines is 1. The van der Waals surface area contributed by atoms with E-state index in [1.165, 1.54) is 6.92 Å². The van der Waals surface area contributed by atoms with Crippen LogP contribution in [0.25, 0.3) is 0 Å². The molecular weight excluding hydrogens is 320 g/mol. The summed E-state index contributed by atoms with van der Waals surface area (Å²) in [6, 6.07) is 13.8. The van der Waals surface area contributed by atoms with E-state index in [4.69, 9.17) is 15.2 Å². The molecule has 0 aliphatic carbocycles. The maximum atomic E-state index is 12.4. The van der Waals surface area contributed by atoms with Crippen molar-refractivity contribution in [1.29, 1.82) is 0 Å². The molecule has 0 radical (unpaired) electrons. The molecule has 132 valence electrons. The summed E-state index contributed by atoms with van der Waals surface area (Å²) in [6.45, 7) is 1.44. The molecule has 0 fully saturated rings. The number of benzene rings is 2. The minimum atomic E-state index is -0.388. The van der Waals surface area contributed by atoms with Gasteiger partial charge < -0.3 is 20.5 Å². The number of rotatable bonds is 7. The van der Waals surface area contributed by atoms with Crippen molar-refractivity contribution in [3.63, 3.8) is 0 Å². The first-order chi connectivity index (χ1) is 12.0. The predicted molar refractivity (Wildman–Crippen MR) is 95.4 cm³/mol. The third kappa shape index (κ3) is 5.84. The SMILES string of the molecule is COc1ccc(CC(COC(C)=O)NC(=O)c2ccc(N)cc2)cc1. The molecule has 0 heterocycles. The maximum Gasteiger partial charge on any atom is 0.302 e. The monoisotopic (exact) mass is 342 g/mol. The number of nitrogens with two attached hydrogens (primary N) is 1. The smallest absolute Gasteiger partial charge is 0.302 e. The average molecular weight is 342 g/mol. The Hall–Kier alpha value is -3.02. The fourth-order valence-electron chi connectivity index (χ4n) is 2.32. The van der Waals surface area contributed by atoms with Gasteiger partial charge in [-0.15, -0.1) is 0 Å². The van der Waals surface area contributed by atoms with E-state index in [1.807, 2.05) is 24.3 Å². The van der Waals surface area contributed by atoms with Gasteiger partial charge in [0, 0.05) is 18.2 Å². The Morgan fingerprint density at radius 1 is 1.08 bits per heavy atom. The highest BCUT2D eigenvalue weighted by molar-refractivity contribution is 5.94. The largest absolute Gasteiger partial charge is 0.497 e. The topological polar surface area (TPSA) is 90.6 Å². The summed E-state index contributed by atoms with van der Waals surface area (Å²) >= 11 is 0. The molecule has 0 aliphatic rings. The van der Waals surface area contributed by atoms with Crippen LogP contribution in [0.3, 0.4) is 0 Å². The normalized spacial score (nSPS) is 11.4. The molecule has 2 rings (SSSR count). The summed E-state index contributed by atoms with van der Waals surface area (Å²) in [6.07, 6.45) is 0.526. The van der Waals surface area contributed by atoms with Crippen molar-refractivity contribution in [3.05, 3.63) is 59.7 Å². The Labute approximate surface area is 146 Å². The first-order valence-corrected chi connectivity index (χ1v) is 7.90. The van der Waals surface area contributed by atoms with Crippen LogP contribution in [0.2, 0.25) is 0 Å². The van der Waals surface area contributed by atoms with Crippen LogP contribution in [0.15, 0.2) is 48.5 Å². The molecule has 1 unspecified atom stereocenters. The number of ether oxygens (including phenoxy) is 2. The Morgan fingerprint density at radius 3 is 2.28 bits per heavy atom. The zero-order valence-electron chi connectivity index (χ0n) is 14.3. The van der Waals surface area contributed by atoms with Crippen LogP contribution in [0.5, 0.6) is 5.75 Å². The van der Waals surface area contributed by atoms with E-state index in [0.717, 1.165) is 11.3 Å². The van der Waals surface area contributed by atoms with Crippen molar-refractivity contribution < 1.29 is 19.1 Å². The third-order valence-electron chi connectivity index (χ3n) is 3.64. The number of esters is 1. The number of carbonyl (C=O) groups excluding carboxylic acids is 2. The number of amides is 1. The number of methoxy groups -OCH3 is 1. The summed E-state index contributed by atoms with van der Waals surface area (Å²) in [5.74, 6) is 0.123. The second-order valence-electron chi connectivity index (χ2n) is 5.65. The summed E-state index contributed by atoms with van der Waals surface area (Å²) in [5, 5.41) is 2.90. The summed E-state index contributed by atoms with van der Waals surface area (Å²) in [4.78, 5) is 23.5. The van der Waals surface area contributed by atoms with Crippen LogP contribution in [-0.2, 0) is 16.0 Å². The Morgan fingerprint density at radius 2 is 1.72 bits per heavy atom. The molecular formula is C19H22N2O4. The van der Waals surface area contributed by atoms with Crippen molar-refractivity contribution in [2.45, 2.75) is 19.4 Å². The maximum absolute atomic E-state index is 12.4. The second kappa shape index (κ2) is 8.73. The van der Waals surface area contributed by atoms with Gasteiger partial charge in [-0.2, -0.15) is 0 Å². The first-order valence-electron chi connectivity index (χ1n) is 7.90. The van der Waals surface area contributed by atoms with Gasteiger partial charge in [-0.25, -0.2) is 0 Å². The highest BCUT2D eigenvalue weighted by Gasteiger charge is 2.16. The minimum Gasteiger partial charge on any atom is -0.497 e. The number of hydrogen-bond donors (Lipinski definition) is 2. The zero-order chi connectivity index (χ0) is 18.2. The van der Waals surface area contributed by atoms with Gasteiger partial charge in [0.05, 0.1) is 13.2 Å². The molecule has 0 bridgehead atoms. The quantitative estimate of drug-likeness (QED) is 0.594. The molecule has 2 aromatic carbocycles. The highest BCUT2D eigenvalue weighted by Crippen LogP contribution is 2.13. The fraction of sp³-hybridized carbons (Fsp3) is 0.263. The van der Waals surface area contributed by atoms with Crippen LogP contribution in [0.4, 0.5) is 5.69 Å². The number of nitrogens with one attached hydrogen (secondary N) is 1. The molecule has 2 aromatic rings. The number of nitrogen functional groups attached to an aromatic ring is 1. The van der Waals surface area contributed by atoms with Crippen LogP contribution in [-0.4, -0.2) is 31.6 Å². The van der Waals surface area contributed by atoms with Gasteiger partial charge in [-0.1, -0.05) is 12.1 Å². The van der Waals surface area contributed by atoms with E-state index in [1.54, 1.807) is 31.4 Å². The molecule has 0 saturated carbocycles. The van der Waals surface area contributed by atoms with Crippen LogP contribution >= 0.6 is 0 Å². The molecule has 1 amide bonds. The predicted octanol–water partition coefficient (Wildman–Crippen LogP) is 2.18. The summed E-state index contributed by atoms with van der Waals surface area (Å²) in [7, 11) is 1.60. The number of hydrogen-bond acceptors (Lipinski definition) is 5. The molecule has 6 heteroatoms. The Bertz CT molecular complexity index is 711. The van der Waals surface area contributed by atoms with Gasteiger partial charge in [0.25, 0.3) is 5.91 Å². The minimum absolute atomic E-state index is 0.0993. The lowest BCUT2D eigenvalue weighted by atomic mass is 10.1. The van der Waals surface area contributed by atoms with Gasteiger partial charge in [-0.05, 0) is 48.4 Å². The van der Waals surface area contributed by atoms with Gasteiger partial charge in [-0.3, -0.25) is 9.59 Å². The molecule has 0 saturated heterocycles. The van der Waals surface area contributed by atoms with Gasteiger partial charge in [0.15, 0.2) is 0 Å². The van der Waals surface area contributed by atoms with E-state index >= 15 is 0 Å². The average Bonchev–Trinajstić information content (AvgIpc) is 2.60. The van der Waals surface area contributed by atoms with E-state index in [-0.39, 0.29) is 24.5 Å². The van der Waals surface area contributed by atoms with Gasteiger partial charge in [0.1, 0.15) is 12.4 Å². The molecule has 1 atom stereocenters. The fourth-order valence-corrected chi connectivity index (χ4v) is 2.32. The van der Waals surface area contributed by atoms with Crippen molar-refractivity contribution in [2.24, 2.45) is 0 Å². The molecule has 25 heavy (non-hydrogen) atoms. The standard InChI is InChI=1S/C19H22N2O4/c1-13(22)25-12-17(11-14-3-9-18(24-2)10-4-14)21-19(23)15-5-7-16(20)8-6-15/h3-10,17H,11-12,20H2,1-2H3,(H,21,23). The van der Waals surface area contributed by atoms with Crippen molar-refractivity contribution in [3.8, 4) is 5.75 Å². The molecule has 0 aliphatic heterocycles. The summed E-state index contributed by atoms with van der Waals surface area (Å²) in [5.41, 5.74) is 7.72. The lowest BCUT2D eigenvalue weighted by molar-refractivity contribution is -0.141. The Kier molecular flexibility index (Phi) is 6.39. The molecule has 0 spiro atoms. The van der Waals surface area contributed by atoms with Crippen LogP contribution < -0.4 is 15.8 Å². The van der Waals surface area contributed by atoms with Crippen molar-refractivity contribution in [1.82, 2.24) is 5.32 Å². The van der Waals surface area contributed by atoms with E-state index < -0.39 is 0 Å². The highest BCUT2D eigenvalue weighted by atomic mass is 16.5. The first kappa shape index (κ1) is 18.3.